The Labute approximate surface area is 119 Å². The fraction of sp³-hybridized carbons (Fsp3) is 0.769. The van der Waals surface area contributed by atoms with Gasteiger partial charge in [0.05, 0.1) is 25.6 Å². The van der Waals surface area contributed by atoms with Gasteiger partial charge < -0.3 is 10.1 Å². The molecule has 0 spiro atoms. The van der Waals surface area contributed by atoms with Crippen molar-refractivity contribution in [1.82, 2.24) is 15.5 Å². The first kappa shape index (κ1) is 16.6. The second kappa shape index (κ2) is 7.96. The van der Waals surface area contributed by atoms with Gasteiger partial charge in [-0.05, 0) is 13.3 Å². The Morgan fingerprint density at radius 3 is 2.80 bits per heavy atom. The average molecular weight is 285 g/mol. The molecule has 0 aromatic heterocycles. The number of carbonyl (C=O) groups excluding carboxylic acids is 3. The molecule has 3 amide bonds. The summed E-state index contributed by atoms with van der Waals surface area (Å²) in [5.41, 5.74) is 0. The molecule has 114 valence electrons. The summed E-state index contributed by atoms with van der Waals surface area (Å²) in [6, 6.07) is -0.693. The van der Waals surface area contributed by atoms with Crippen molar-refractivity contribution in [3.8, 4) is 0 Å². The van der Waals surface area contributed by atoms with Crippen LogP contribution >= 0.6 is 0 Å². The fourth-order valence-corrected chi connectivity index (χ4v) is 2.03. The van der Waals surface area contributed by atoms with Gasteiger partial charge in [-0.2, -0.15) is 0 Å². The predicted molar refractivity (Wildman–Crippen MR) is 72.9 cm³/mol. The molecular formula is C13H23N3O4. The number of hydrogen-bond acceptors (Lipinski definition) is 5. The van der Waals surface area contributed by atoms with E-state index in [4.69, 9.17) is 4.74 Å². The maximum Gasteiger partial charge on any atom is 0.247 e. The highest BCUT2D eigenvalue weighted by atomic mass is 16.5. The van der Waals surface area contributed by atoms with Crippen molar-refractivity contribution in [2.45, 2.75) is 38.8 Å². The van der Waals surface area contributed by atoms with Crippen LogP contribution in [0, 0.1) is 0 Å². The highest BCUT2D eigenvalue weighted by molar-refractivity contribution is 6.06. The molecule has 2 atom stereocenters. The molecular weight excluding hydrogens is 262 g/mol. The van der Waals surface area contributed by atoms with E-state index in [9.17, 15) is 14.4 Å². The Kier molecular flexibility index (Phi) is 6.60. The van der Waals surface area contributed by atoms with E-state index in [2.05, 4.69) is 10.6 Å². The summed E-state index contributed by atoms with van der Waals surface area (Å²) in [4.78, 5) is 36.7. The molecule has 1 aliphatic heterocycles. The maximum absolute atomic E-state index is 12.1. The number of imide groups is 1. The average Bonchev–Trinajstić information content (AvgIpc) is 2.71. The Balaban J connectivity index is 2.40. The molecule has 2 unspecified atom stereocenters. The van der Waals surface area contributed by atoms with E-state index in [0.717, 1.165) is 6.42 Å². The van der Waals surface area contributed by atoms with E-state index < -0.39 is 6.04 Å². The summed E-state index contributed by atoms with van der Waals surface area (Å²) in [5.74, 6) is -0.639. The lowest BCUT2D eigenvalue weighted by Crippen LogP contribution is -2.45. The van der Waals surface area contributed by atoms with Crippen molar-refractivity contribution in [1.29, 1.82) is 0 Å². The van der Waals surface area contributed by atoms with Crippen LogP contribution in [0.25, 0.3) is 0 Å². The van der Waals surface area contributed by atoms with E-state index in [1.807, 2.05) is 13.8 Å². The minimum Gasteiger partial charge on any atom is -0.383 e. The molecule has 0 saturated carbocycles. The second-order valence-corrected chi connectivity index (χ2v) is 4.84. The number of nitrogens with zero attached hydrogens (tertiary/aromatic N) is 1. The predicted octanol–water partition coefficient (Wildman–Crippen LogP) is -0.735. The SMILES string of the molecule is CCC(C)N1C(=O)CC(NCC(=O)NCCOC)C1=O. The summed E-state index contributed by atoms with van der Waals surface area (Å²) in [6.45, 7) is 4.65. The molecule has 0 aromatic carbocycles. The zero-order chi connectivity index (χ0) is 15.1. The number of likely N-dealkylation sites (tertiary alicyclic amines) is 1. The first-order valence-corrected chi connectivity index (χ1v) is 6.86. The minimum atomic E-state index is -0.593. The monoisotopic (exact) mass is 285 g/mol. The number of carbonyl (C=O) groups is 3. The van der Waals surface area contributed by atoms with Crippen LogP contribution in [0.5, 0.6) is 0 Å². The first-order valence-electron chi connectivity index (χ1n) is 6.86. The van der Waals surface area contributed by atoms with Gasteiger partial charge in [-0.3, -0.25) is 24.6 Å². The zero-order valence-electron chi connectivity index (χ0n) is 12.3. The lowest BCUT2D eigenvalue weighted by molar-refractivity contribution is -0.141. The molecule has 20 heavy (non-hydrogen) atoms. The summed E-state index contributed by atoms with van der Waals surface area (Å²) in [7, 11) is 1.55. The molecule has 0 radical (unpaired) electrons. The van der Waals surface area contributed by atoms with Crippen LogP contribution < -0.4 is 10.6 Å². The Bertz CT molecular complexity index is 373. The van der Waals surface area contributed by atoms with Crippen LogP contribution in [0.1, 0.15) is 26.7 Å². The van der Waals surface area contributed by atoms with Crippen molar-refractivity contribution in [2.24, 2.45) is 0 Å². The molecule has 7 heteroatoms. The lowest BCUT2D eigenvalue weighted by Gasteiger charge is -2.21. The largest absolute Gasteiger partial charge is 0.383 e. The summed E-state index contributed by atoms with van der Waals surface area (Å²) in [5, 5.41) is 5.47. The quantitative estimate of drug-likeness (QED) is 0.453. The molecule has 7 nitrogen and oxygen atoms in total. The fourth-order valence-electron chi connectivity index (χ4n) is 2.03. The van der Waals surface area contributed by atoms with Gasteiger partial charge in [0, 0.05) is 19.7 Å². The van der Waals surface area contributed by atoms with Gasteiger partial charge in [0.1, 0.15) is 0 Å². The molecule has 0 bridgehead atoms. The van der Waals surface area contributed by atoms with E-state index in [-0.39, 0.29) is 36.7 Å². The second-order valence-electron chi connectivity index (χ2n) is 4.84. The van der Waals surface area contributed by atoms with E-state index >= 15 is 0 Å². The molecule has 0 aromatic rings. The third-order valence-corrected chi connectivity index (χ3v) is 3.35. The summed E-state index contributed by atoms with van der Waals surface area (Å²) >= 11 is 0. The molecule has 1 fully saturated rings. The van der Waals surface area contributed by atoms with Crippen molar-refractivity contribution in [3.05, 3.63) is 0 Å². The van der Waals surface area contributed by atoms with Crippen LogP contribution in [-0.4, -0.2) is 61.5 Å². The smallest absolute Gasteiger partial charge is 0.247 e. The third-order valence-electron chi connectivity index (χ3n) is 3.35. The number of amides is 3. The third kappa shape index (κ3) is 4.28. The maximum atomic E-state index is 12.1. The van der Waals surface area contributed by atoms with E-state index in [0.29, 0.717) is 13.2 Å². The summed E-state index contributed by atoms with van der Waals surface area (Å²) < 4.78 is 4.81. The van der Waals surface area contributed by atoms with Crippen molar-refractivity contribution < 1.29 is 19.1 Å². The van der Waals surface area contributed by atoms with Crippen LogP contribution in [0.3, 0.4) is 0 Å². The molecule has 1 saturated heterocycles. The van der Waals surface area contributed by atoms with Crippen molar-refractivity contribution in [3.63, 3.8) is 0 Å². The number of hydrogen-bond donors (Lipinski definition) is 2. The van der Waals surface area contributed by atoms with Gasteiger partial charge in [-0.15, -0.1) is 0 Å². The van der Waals surface area contributed by atoms with Gasteiger partial charge in [0.25, 0.3) is 0 Å². The van der Waals surface area contributed by atoms with Crippen molar-refractivity contribution in [2.75, 3.05) is 26.8 Å². The lowest BCUT2D eigenvalue weighted by atomic mass is 10.2. The number of ether oxygens (including phenoxy) is 1. The molecule has 1 aliphatic rings. The summed E-state index contributed by atoms with van der Waals surface area (Å²) in [6.07, 6.45) is 0.843. The molecule has 2 N–H and O–H groups in total. The minimum absolute atomic E-state index is 0.0156. The number of rotatable bonds is 8. The van der Waals surface area contributed by atoms with Crippen LogP contribution in [0.2, 0.25) is 0 Å². The van der Waals surface area contributed by atoms with Crippen LogP contribution in [-0.2, 0) is 19.1 Å². The number of methoxy groups -OCH3 is 1. The van der Waals surface area contributed by atoms with Crippen LogP contribution in [0.4, 0.5) is 0 Å². The Morgan fingerprint density at radius 1 is 1.50 bits per heavy atom. The molecule has 1 heterocycles. The van der Waals surface area contributed by atoms with Crippen molar-refractivity contribution >= 4 is 17.7 Å². The van der Waals surface area contributed by atoms with E-state index in [1.54, 1.807) is 7.11 Å². The van der Waals surface area contributed by atoms with Gasteiger partial charge in [-0.25, -0.2) is 0 Å². The zero-order valence-corrected chi connectivity index (χ0v) is 12.3. The Hall–Kier alpha value is -1.47. The van der Waals surface area contributed by atoms with Crippen LogP contribution in [0.15, 0.2) is 0 Å². The van der Waals surface area contributed by atoms with Gasteiger partial charge in [-0.1, -0.05) is 6.92 Å². The van der Waals surface area contributed by atoms with Gasteiger partial charge >= 0.3 is 0 Å². The standard InChI is InChI=1S/C13H23N3O4/c1-4-9(2)16-12(18)7-10(13(16)19)15-8-11(17)14-5-6-20-3/h9-10,15H,4-8H2,1-3H3,(H,14,17). The molecule has 1 rings (SSSR count). The topological polar surface area (TPSA) is 87.7 Å². The Morgan fingerprint density at radius 2 is 2.20 bits per heavy atom. The highest BCUT2D eigenvalue weighted by Crippen LogP contribution is 2.17. The highest BCUT2D eigenvalue weighted by Gasteiger charge is 2.40. The number of nitrogens with one attached hydrogen (secondary N) is 2. The first-order chi connectivity index (χ1) is 9.51. The van der Waals surface area contributed by atoms with E-state index in [1.165, 1.54) is 4.90 Å². The van der Waals surface area contributed by atoms with Gasteiger partial charge in [0.15, 0.2) is 0 Å². The van der Waals surface area contributed by atoms with Gasteiger partial charge in [0.2, 0.25) is 17.7 Å². The molecule has 0 aliphatic carbocycles. The normalized spacial score (nSPS) is 20.4.